The molecule has 2 saturated heterocycles. The van der Waals surface area contributed by atoms with Crippen LogP contribution in [0.4, 0.5) is 13.2 Å². The first-order valence-corrected chi connectivity index (χ1v) is 8.90. The number of alkyl halides is 3. The van der Waals surface area contributed by atoms with Crippen LogP contribution >= 0.6 is 0 Å². The molecule has 3 rings (SSSR count). The molecule has 28 heavy (non-hydrogen) atoms. The minimum Gasteiger partial charge on any atom is -0.475 e. The summed E-state index contributed by atoms with van der Waals surface area (Å²) in [6.07, 6.45) is -0.953. The molecule has 2 amide bonds. The molecule has 0 aromatic carbocycles. The van der Waals surface area contributed by atoms with Crippen molar-refractivity contribution < 1.29 is 32.7 Å². The van der Waals surface area contributed by atoms with Gasteiger partial charge < -0.3 is 14.9 Å². The lowest BCUT2D eigenvalue weighted by molar-refractivity contribution is -0.192. The van der Waals surface area contributed by atoms with E-state index in [0.29, 0.717) is 18.8 Å². The number of carboxylic acids is 1. The van der Waals surface area contributed by atoms with E-state index in [0.717, 1.165) is 32.4 Å². The third-order valence-electron chi connectivity index (χ3n) is 5.12. The van der Waals surface area contributed by atoms with Gasteiger partial charge in [-0.25, -0.2) is 4.79 Å². The van der Waals surface area contributed by atoms with E-state index in [1.165, 1.54) is 0 Å². The molecular formula is C18H22F3N3O4. The maximum absolute atomic E-state index is 12.5. The Morgan fingerprint density at radius 3 is 2.18 bits per heavy atom. The molecule has 0 atom stereocenters. The van der Waals surface area contributed by atoms with Crippen molar-refractivity contribution in [1.82, 2.24) is 14.8 Å². The Kier molecular flexibility index (Phi) is 6.63. The third kappa shape index (κ3) is 4.79. The summed E-state index contributed by atoms with van der Waals surface area (Å²) >= 11 is 0. The highest BCUT2D eigenvalue weighted by Gasteiger charge is 2.48. The average Bonchev–Trinajstić information content (AvgIpc) is 2.98. The van der Waals surface area contributed by atoms with Gasteiger partial charge in [-0.05, 0) is 38.3 Å². The topological polar surface area (TPSA) is 90.8 Å². The van der Waals surface area contributed by atoms with Crippen LogP contribution in [0.2, 0.25) is 0 Å². The fraction of sp³-hybridized carbons (Fsp3) is 0.556. The van der Waals surface area contributed by atoms with E-state index in [1.807, 2.05) is 22.8 Å². The van der Waals surface area contributed by atoms with Crippen molar-refractivity contribution in [3.05, 3.63) is 30.1 Å². The van der Waals surface area contributed by atoms with Crippen LogP contribution in [0.15, 0.2) is 24.4 Å². The molecule has 0 unspecified atom stereocenters. The lowest BCUT2D eigenvalue weighted by Crippen LogP contribution is -2.46. The SMILES string of the molecule is CCN1CCC2(CCN(C(=O)c3ccccn3)CC2)C1=O.O=C(O)C(F)(F)F. The van der Waals surface area contributed by atoms with Crippen LogP contribution in [0.1, 0.15) is 36.7 Å². The summed E-state index contributed by atoms with van der Waals surface area (Å²) in [5.74, 6) is -2.49. The Balaban J connectivity index is 0.000000345. The first-order chi connectivity index (χ1) is 13.1. The first-order valence-electron chi connectivity index (χ1n) is 8.90. The number of piperidine rings is 1. The van der Waals surface area contributed by atoms with Gasteiger partial charge in [0, 0.05) is 32.4 Å². The number of halogens is 3. The zero-order valence-electron chi connectivity index (χ0n) is 15.4. The van der Waals surface area contributed by atoms with E-state index >= 15 is 0 Å². The number of likely N-dealkylation sites (tertiary alicyclic amines) is 2. The second kappa shape index (κ2) is 8.57. The molecule has 1 spiro atoms. The van der Waals surface area contributed by atoms with Crippen molar-refractivity contribution in [3.63, 3.8) is 0 Å². The smallest absolute Gasteiger partial charge is 0.475 e. The van der Waals surface area contributed by atoms with Crippen LogP contribution in [0.25, 0.3) is 0 Å². The molecule has 3 heterocycles. The molecule has 1 N–H and O–H groups in total. The van der Waals surface area contributed by atoms with Gasteiger partial charge in [-0.3, -0.25) is 14.6 Å². The Bertz CT molecular complexity index is 717. The number of carbonyl (C=O) groups is 3. The minimum absolute atomic E-state index is 0.0248. The van der Waals surface area contributed by atoms with Crippen molar-refractivity contribution in [2.45, 2.75) is 32.4 Å². The van der Waals surface area contributed by atoms with Crippen molar-refractivity contribution in [2.75, 3.05) is 26.2 Å². The maximum Gasteiger partial charge on any atom is 0.490 e. The highest BCUT2D eigenvalue weighted by molar-refractivity contribution is 5.92. The van der Waals surface area contributed by atoms with Crippen LogP contribution in [0.3, 0.4) is 0 Å². The number of amides is 2. The third-order valence-corrected chi connectivity index (χ3v) is 5.12. The van der Waals surface area contributed by atoms with Gasteiger partial charge in [0.05, 0.1) is 5.41 Å². The first kappa shape index (κ1) is 21.6. The van der Waals surface area contributed by atoms with E-state index in [2.05, 4.69) is 4.98 Å². The van der Waals surface area contributed by atoms with Crippen molar-refractivity contribution in [2.24, 2.45) is 5.41 Å². The summed E-state index contributed by atoms with van der Waals surface area (Å²) in [7, 11) is 0. The predicted octanol–water partition coefficient (Wildman–Crippen LogP) is 2.19. The van der Waals surface area contributed by atoms with Crippen LogP contribution in [0, 0.1) is 5.41 Å². The van der Waals surface area contributed by atoms with Gasteiger partial charge in [0.15, 0.2) is 0 Å². The Hall–Kier alpha value is -2.65. The molecule has 2 aliphatic heterocycles. The standard InChI is InChI=1S/C16H21N3O2.C2HF3O2/c1-2-18-10-6-16(15(18)21)7-11-19(12-8-16)14(20)13-5-3-4-9-17-13;3-2(4,5)1(6)7/h3-5,9H,2,6-8,10-12H2,1H3;(H,6,7). The van der Waals surface area contributed by atoms with E-state index in [-0.39, 0.29) is 17.2 Å². The Labute approximate surface area is 160 Å². The summed E-state index contributed by atoms with van der Waals surface area (Å²) in [6.45, 7) is 4.98. The van der Waals surface area contributed by atoms with Gasteiger partial charge in [-0.2, -0.15) is 13.2 Å². The highest BCUT2D eigenvalue weighted by Crippen LogP contribution is 2.41. The monoisotopic (exact) mass is 401 g/mol. The summed E-state index contributed by atoms with van der Waals surface area (Å²) in [5, 5.41) is 7.12. The Morgan fingerprint density at radius 2 is 1.75 bits per heavy atom. The van der Waals surface area contributed by atoms with Crippen LogP contribution in [-0.2, 0) is 9.59 Å². The number of pyridine rings is 1. The summed E-state index contributed by atoms with van der Waals surface area (Å²) in [5.41, 5.74) is 0.276. The van der Waals surface area contributed by atoms with Gasteiger partial charge >= 0.3 is 12.1 Å². The lowest BCUT2D eigenvalue weighted by Gasteiger charge is -2.37. The predicted molar refractivity (Wildman–Crippen MR) is 92.4 cm³/mol. The van der Waals surface area contributed by atoms with Crippen LogP contribution in [-0.4, -0.2) is 70.0 Å². The zero-order valence-corrected chi connectivity index (χ0v) is 15.4. The molecule has 7 nitrogen and oxygen atoms in total. The molecule has 1 aromatic rings. The van der Waals surface area contributed by atoms with Crippen LogP contribution in [0.5, 0.6) is 0 Å². The molecular weight excluding hydrogens is 379 g/mol. The number of nitrogens with zero attached hydrogens (tertiary/aromatic N) is 3. The summed E-state index contributed by atoms with van der Waals surface area (Å²) < 4.78 is 31.7. The molecule has 0 radical (unpaired) electrons. The normalized spacial score (nSPS) is 18.6. The molecule has 1 aromatic heterocycles. The number of carbonyl (C=O) groups excluding carboxylic acids is 2. The second-order valence-corrected chi connectivity index (χ2v) is 6.73. The van der Waals surface area contributed by atoms with Gasteiger partial charge in [-0.15, -0.1) is 0 Å². The molecule has 2 aliphatic rings. The molecule has 10 heteroatoms. The van der Waals surface area contributed by atoms with E-state index in [4.69, 9.17) is 9.90 Å². The van der Waals surface area contributed by atoms with E-state index in [1.54, 1.807) is 18.3 Å². The number of rotatable bonds is 2. The van der Waals surface area contributed by atoms with Crippen LogP contribution < -0.4 is 0 Å². The number of carboxylic acid groups (broad SMARTS) is 1. The quantitative estimate of drug-likeness (QED) is 0.820. The fourth-order valence-electron chi connectivity index (χ4n) is 3.45. The highest BCUT2D eigenvalue weighted by atomic mass is 19.4. The van der Waals surface area contributed by atoms with Crippen molar-refractivity contribution in [1.29, 1.82) is 0 Å². The number of hydrogen-bond acceptors (Lipinski definition) is 4. The molecule has 0 aliphatic carbocycles. The molecule has 0 bridgehead atoms. The summed E-state index contributed by atoms with van der Waals surface area (Å²) in [6, 6.07) is 5.37. The summed E-state index contributed by atoms with van der Waals surface area (Å²) in [4.78, 5) is 41.6. The molecule has 154 valence electrons. The maximum atomic E-state index is 12.5. The van der Waals surface area contributed by atoms with Gasteiger partial charge in [0.1, 0.15) is 5.69 Å². The minimum atomic E-state index is -5.08. The van der Waals surface area contributed by atoms with Crippen molar-refractivity contribution >= 4 is 17.8 Å². The van der Waals surface area contributed by atoms with Gasteiger partial charge in [-0.1, -0.05) is 6.07 Å². The number of hydrogen-bond donors (Lipinski definition) is 1. The average molecular weight is 401 g/mol. The molecule has 2 fully saturated rings. The number of aromatic nitrogens is 1. The Morgan fingerprint density at radius 1 is 1.18 bits per heavy atom. The second-order valence-electron chi connectivity index (χ2n) is 6.73. The number of aliphatic carboxylic acids is 1. The lowest BCUT2D eigenvalue weighted by atomic mass is 9.77. The zero-order chi connectivity index (χ0) is 20.9. The van der Waals surface area contributed by atoms with Crippen molar-refractivity contribution in [3.8, 4) is 0 Å². The van der Waals surface area contributed by atoms with E-state index in [9.17, 15) is 22.8 Å². The van der Waals surface area contributed by atoms with E-state index < -0.39 is 12.1 Å². The van der Waals surface area contributed by atoms with Gasteiger partial charge in [0.2, 0.25) is 5.91 Å². The fourth-order valence-corrected chi connectivity index (χ4v) is 3.45. The molecule has 0 saturated carbocycles. The largest absolute Gasteiger partial charge is 0.490 e. The van der Waals surface area contributed by atoms with Gasteiger partial charge in [0.25, 0.3) is 5.91 Å².